The third-order valence-electron chi connectivity index (χ3n) is 5.30. The highest BCUT2D eigenvalue weighted by Gasteiger charge is 2.39. The molecule has 0 saturated carbocycles. The molecule has 1 N–H and O–H groups in total. The largest absolute Gasteiger partial charge is 0.467 e. The number of piperidine rings is 1. The molecule has 1 atom stereocenters. The first-order chi connectivity index (χ1) is 13.0. The van der Waals surface area contributed by atoms with Gasteiger partial charge in [-0.15, -0.1) is 0 Å². The van der Waals surface area contributed by atoms with Crippen molar-refractivity contribution in [3.63, 3.8) is 0 Å². The number of sulfonamides is 1. The lowest BCUT2D eigenvalue weighted by Gasteiger charge is -2.33. The highest BCUT2D eigenvalue weighted by molar-refractivity contribution is 7.89. The maximum Gasteiger partial charge on any atom is 0.331 e. The number of rotatable bonds is 7. The molecule has 1 aromatic rings. The molecule has 2 heterocycles. The number of hydrogen-bond acceptors (Lipinski definition) is 6. The van der Waals surface area contributed by atoms with Gasteiger partial charge in [-0.3, -0.25) is 4.79 Å². The number of amides is 1. The lowest BCUT2D eigenvalue weighted by molar-refractivity contribution is -0.151. The van der Waals surface area contributed by atoms with Gasteiger partial charge in [-0.1, -0.05) is 13.3 Å². The van der Waals surface area contributed by atoms with Crippen LogP contribution in [0.15, 0.2) is 11.2 Å². The summed E-state index contributed by atoms with van der Waals surface area (Å²) in [5.41, 5.74) is -1.07. The second kappa shape index (κ2) is 8.60. The van der Waals surface area contributed by atoms with Crippen molar-refractivity contribution in [3.8, 4) is 0 Å². The minimum atomic E-state index is -3.68. The van der Waals surface area contributed by atoms with Crippen molar-refractivity contribution in [3.05, 3.63) is 12.0 Å². The fraction of sp³-hybridized carbons (Fsp3) is 0.722. The van der Waals surface area contributed by atoms with E-state index < -0.39 is 21.5 Å². The van der Waals surface area contributed by atoms with Crippen LogP contribution in [0.4, 0.5) is 0 Å². The van der Waals surface area contributed by atoms with Crippen LogP contribution in [0, 0.1) is 12.8 Å². The Balaban J connectivity index is 2.02. The van der Waals surface area contributed by atoms with Crippen molar-refractivity contribution in [2.24, 2.45) is 13.0 Å². The average molecular weight is 415 g/mol. The molecule has 0 bridgehead atoms. The lowest BCUT2D eigenvalue weighted by atomic mass is 9.92. The minimum Gasteiger partial charge on any atom is -0.467 e. The van der Waals surface area contributed by atoms with Gasteiger partial charge in [0, 0.05) is 32.3 Å². The second-order valence-corrected chi connectivity index (χ2v) is 9.36. The van der Waals surface area contributed by atoms with E-state index in [2.05, 4.69) is 10.3 Å². The van der Waals surface area contributed by atoms with Gasteiger partial charge in [-0.2, -0.15) is 4.31 Å². The van der Waals surface area contributed by atoms with Crippen molar-refractivity contribution in [2.75, 3.05) is 20.2 Å². The number of hydrogen-bond donors (Lipinski definition) is 1. The van der Waals surface area contributed by atoms with Crippen LogP contribution in [0.3, 0.4) is 0 Å². The summed E-state index contributed by atoms with van der Waals surface area (Å²) in [4.78, 5) is 28.9. The highest BCUT2D eigenvalue weighted by Crippen LogP contribution is 2.25. The lowest BCUT2D eigenvalue weighted by Crippen LogP contribution is -2.55. The second-order valence-electron chi connectivity index (χ2n) is 7.48. The molecule has 0 spiro atoms. The Morgan fingerprint density at radius 3 is 2.43 bits per heavy atom. The summed E-state index contributed by atoms with van der Waals surface area (Å²) in [6.45, 7) is 5.79. The number of carbonyl (C=O) groups excluding carboxylic acids is 2. The van der Waals surface area contributed by atoms with Gasteiger partial charge >= 0.3 is 5.97 Å². The number of nitrogens with one attached hydrogen (secondary N) is 1. The zero-order valence-corrected chi connectivity index (χ0v) is 18.0. The van der Waals surface area contributed by atoms with Crippen LogP contribution in [0.25, 0.3) is 0 Å². The Hall–Kier alpha value is -1.94. The number of nitrogens with zero attached hydrogens (tertiary/aromatic N) is 3. The van der Waals surface area contributed by atoms with E-state index in [1.165, 1.54) is 17.6 Å². The third-order valence-corrected chi connectivity index (χ3v) is 7.07. The van der Waals surface area contributed by atoms with Crippen molar-refractivity contribution < 1.29 is 22.7 Å². The summed E-state index contributed by atoms with van der Waals surface area (Å²) in [7, 11) is -0.639. The molecule has 2 rings (SSSR count). The average Bonchev–Trinajstić information content (AvgIpc) is 3.00. The van der Waals surface area contributed by atoms with Gasteiger partial charge in [0.2, 0.25) is 5.91 Å². The number of aromatic nitrogens is 2. The Kier molecular flexibility index (Phi) is 6.87. The Labute approximate surface area is 166 Å². The van der Waals surface area contributed by atoms with E-state index in [9.17, 15) is 18.0 Å². The smallest absolute Gasteiger partial charge is 0.331 e. The first kappa shape index (κ1) is 22.4. The van der Waals surface area contributed by atoms with Crippen LogP contribution in [-0.2, 0) is 31.4 Å². The fourth-order valence-corrected chi connectivity index (χ4v) is 4.95. The number of carbonyl (C=O) groups is 2. The topological polar surface area (TPSA) is 111 Å². The monoisotopic (exact) mass is 414 g/mol. The quantitative estimate of drug-likeness (QED) is 0.666. The molecule has 10 heteroatoms. The predicted octanol–water partition coefficient (Wildman–Crippen LogP) is 0.977. The number of esters is 1. The molecule has 1 fully saturated rings. The van der Waals surface area contributed by atoms with Crippen molar-refractivity contribution >= 4 is 21.9 Å². The molecule has 0 aliphatic carbocycles. The van der Waals surface area contributed by atoms with Gasteiger partial charge in [-0.25, -0.2) is 18.2 Å². The highest BCUT2D eigenvalue weighted by atomic mass is 32.2. The van der Waals surface area contributed by atoms with Gasteiger partial charge in [-0.05, 0) is 33.1 Å². The fourth-order valence-electron chi connectivity index (χ4n) is 3.46. The van der Waals surface area contributed by atoms with Gasteiger partial charge in [0.15, 0.2) is 5.03 Å². The minimum absolute atomic E-state index is 0.0246. The summed E-state index contributed by atoms with van der Waals surface area (Å²) >= 11 is 0. The van der Waals surface area contributed by atoms with Gasteiger partial charge < -0.3 is 14.6 Å². The van der Waals surface area contributed by atoms with Crippen LogP contribution in [0.2, 0.25) is 0 Å². The summed E-state index contributed by atoms with van der Waals surface area (Å²) in [5.74, 6) is -0.455. The molecule has 0 radical (unpaired) electrons. The Morgan fingerprint density at radius 2 is 1.96 bits per heavy atom. The van der Waals surface area contributed by atoms with Gasteiger partial charge in [0.05, 0.1) is 7.11 Å². The molecule has 158 valence electrons. The van der Waals surface area contributed by atoms with E-state index in [0.29, 0.717) is 31.5 Å². The normalized spacial score (nSPS) is 18.5. The maximum absolute atomic E-state index is 12.8. The SMILES string of the molecule is CCC[C@@](C)(NC(=O)C1CCN(S(=O)(=O)c2cn(C)c(C)n2)CC1)C(=O)OC. The summed E-state index contributed by atoms with van der Waals surface area (Å²) in [5, 5.41) is 2.84. The molecular formula is C18H30N4O5S. The van der Waals surface area contributed by atoms with E-state index in [0.717, 1.165) is 0 Å². The molecule has 0 unspecified atom stereocenters. The van der Waals surface area contributed by atoms with E-state index in [-0.39, 0.29) is 29.9 Å². The molecule has 1 saturated heterocycles. The zero-order chi connectivity index (χ0) is 21.1. The first-order valence-corrected chi connectivity index (χ1v) is 10.9. The maximum atomic E-state index is 12.8. The molecule has 1 amide bonds. The van der Waals surface area contributed by atoms with Crippen LogP contribution in [-0.4, -0.2) is 59.9 Å². The number of methoxy groups -OCH3 is 1. The van der Waals surface area contributed by atoms with E-state index in [4.69, 9.17) is 4.74 Å². The predicted molar refractivity (Wildman–Crippen MR) is 103 cm³/mol. The molecule has 1 aromatic heterocycles. The van der Waals surface area contributed by atoms with Crippen LogP contribution >= 0.6 is 0 Å². The first-order valence-electron chi connectivity index (χ1n) is 9.45. The van der Waals surface area contributed by atoms with Gasteiger partial charge in [0.25, 0.3) is 10.0 Å². The standard InChI is InChI=1S/C18H30N4O5S/c1-6-9-18(3,17(24)27-5)20-16(23)14-7-10-22(11-8-14)28(25,26)15-12-21(4)13(2)19-15/h12,14H,6-11H2,1-5H3,(H,20,23)/t18-/m1/s1. The number of ether oxygens (including phenoxy) is 1. The number of imidazole rings is 1. The van der Waals surface area contributed by atoms with Gasteiger partial charge in [0.1, 0.15) is 11.4 Å². The van der Waals surface area contributed by atoms with Crippen LogP contribution in [0.5, 0.6) is 0 Å². The van der Waals surface area contributed by atoms with Crippen LogP contribution < -0.4 is 5.32 Å². The summed E-state index contributed by atoms with van der Waals surface area (Å²) in [6, 6.07) is 0. The molecule has 0 aromatic carbocycles. The Bertz CT molecular complexity index is 808. The molecule has 9 nitrogen and oxygen atoms in total. The molecule has 1 aliphatic heterocycles. The Morgan fingerprint density at radius 1 is 1.36 bits per heavy atom. The summed E-state index contributed by atoms with van der Waals surface area (Å²) < 4.78 is 33.4. The molecule has 1 aliphatic rings. The van der Waals surface area contributed by atoms with E-state index >= 15 is 0 Å². The number of aryl methyl sites for hydroxylation is 2. The third kappa shape index (κ3) is 4.54. The van der Waals surface area contributed by atoms with Crippen LogP contribution in [0.1, 0.15) is 45.4 Å². The van der Waals surface area contributed by atoms with Crippen molar-refractivity contribution in [2.45, 2.75) is 57.0 Å². The van der Waals surface area contributed by atoms with Crippen molar-refractivity contribution in [1.82, 2.24) is 19.2 Å². The van der Waals surface area contributed by atoms with E-state index in [1.54, 1.807) is 25.5 Å². The molecule has 28 heavy (non-hydrogen) atoms. The zero-order valence-electron chi connectivity index (χ0n) is 17.2. The van der Waals surface area contributed by atoms with E-state index in [1.807, 2.05) is 6.92 Å². The molecular weight excluding hydrogens is 384 g/mol. The van der Waals surface area contributed by atoms with Crippen molar-refractivity contribution in [1.29, 1.82) is 0 Å². The summed E-state index contributed by atoms with van der Waals surface area (Å²) in [6.07, 6.45) is 3.46.